The minimum Gasteiger partial charge on any atom is -0.496 e. The van der Waals surface area contributed by atoms with Gasteiger partial charge in [-0.05, 0) is 58.5 Å². The summed E-state index contributed by atoms with van der Waals surface area (Å²) in [6, 6.07) is 12.1. The number of para-hydroxylation sites is 1. The molecule has 1 atom stereocenters. The van der Waals surface area contributed by atoms with E-state index in [2.05, 4.69) is 27.0 Å². The van der Waals surface area contributed by atoms with E-state index < -0.39 is 0 Å². The molecule has 20 heavy (non-hydrogen) atoms. The summed E-state index contributed by atoms with van der Waals surface area (Å²) in [5, 5.41) is 0. The molecule has 1 heterocycles. The van der Waals surface area contributed by atoms with Crippen LogP contribution in [0.4, 0.5) is 0 Å². The Labute approximate surface area is 133 Å². The zero-order valence-electron chi connectivity index (χ0n) is 11.4. The molecule has 106 valence electrons. The van der Waals surface area contributed by atoms with Crippen molar-refractivity contribution >= 4 is 27.5 Å². The van der Waals surface area contributed by atoms with Crippen LogP contribution in [0.5, 0.6) is 5.75 Å². The number of rotatable bonds is 6. The molecule has 0 saturated heterocycles. The fourth-order valence-corrected chi connectivity index (χ4v) is 2.64. The molecule has 1 aromatic carbocycles. The molecule has 4 heteroatoms. The number of pyridine rings is 1. The van der Waals surface area contributed by atoms with Crippen molar-refractivity contribution in [1.29, 1.82) is 0 Å². The van der Waals surface area contributed by atoms with Gasteiger partial charge in [-0.3, -0.25) is 4.98 Å². The van der Waals surface area contributed by atoms with E-state index in [0.29, 0.717) is 11.8 Å². The maximum atomic E-state index is 6.12. The number of aromatic nitrogens is 1. The van der Waals surface area contributed by atoms with E-state index in [1.807, 2.05) is 36.5 Å². The Morgan fingerprint density at radius 3 is 2.65 bits per heavy atom. The SMILES string of the molecule is COc1ccccc1CC(CCl)Cc1ccc(Br)cn1. The second kappa shape index (κ2) is 7.65. The molecule has 0 saturated carbocycles. The lowest BCUT2D eigenvalue weighted by Gasteiger charge is -2.15. The Balaban J connectivity index is 2.07. The zero-order valence-corrected chi connectivity index (χ0v) is 13.7. The quantitative estimate of drug-likeness (QED) is 0.713. The Bertz CT molecular complexity index is 544. The van der Waals surface area contributed by atoms with E-state index in [1.54, 1.807) is 7.11 Å². The van der Waals surface area contributed by atoms with Crippen molar-refractivity contribution in [2.45, 2.75) is 12.8 Å². The van der Waals surface area contributed by atoms with Crippen LogP contribution in [-0.2, 0) is 12.8 Å². The van der Waals surface area contributed by atoms with Crippen LogP contribution in [0, 0.1) is 5.92 Å². The number of nitrogens with zero attached hydrogens (tertiary/aromatic N) is 1. The first-order valence-corrected chi connectivity index (χ1v) is 7.84. The van der Waals surface area contributed by atoms with Gasteiger partial charge in [-0.15, -0.1) is 11.6 Å². The monoisotopic (exact) mass is 353 g/mol. The van der Waals surface area contributed by atoms with E-state index in [-0.39, 0.29) is 0 Å². The molecule has 0 radical (unpaired) electrons. The van der Waals surface area contributed by atoms with E-state index in [9.17, 15) is 0 Å². The average molecular weight is 355 g/mol. The molecule has 0 bridgehead atoms. The second-order valence-electron chi connectivity index (χ2n) is 4.71. The number of hydrogen-bond donors (Lipinski definition) is 0. The van der Waals surface area contributed by atoms with Crippen LogP contribution >= 0.6 is 27.5 Å². The van der Waals surface area contributed by atoms with E-state index >= 15 is 0 Å². The van der Waals surface area contributed by atoms with Crippen molar-refractivity contribution in [3.05, 3.63) is 58.3 Å². The Kier molecular flexibility index (Phi) is 5.86. The van der Waals surface area contributed by atoms with Crippen molar-refractivity contribution in [3.8, 4) is 5.75 Å². The van der Waals surface area contributed by atoms with Crippen LogP contribution < -0.4 is 4.74 Å². The highest BCUT2D eigenvalue weighted by Crippen LogP contribution is 2.23. The molecule has 1 unspecified atom stereocenters. The molecule has 1 aromatic heterocycles. The van der Waals surface area contributed by atoms with Gasteiger partial charge in [0.25, 0.3) is 0 Å². The van der Waals surface area contributed by atoms with Crippen LogP contribution in [0.1, 0.15) is 11.3 Å². The van der Waals surface area contributed by atoms with Gasteiger partial charge < -0.3 is 4.74 Å². The van der Waals surface area contributed by atoms with Gasteiger partial charge in [0.1, 0.15) is 5.75 Å². The summed E-state index contributed by atoms with van der Waals surface area (Å²) in [7, 11) is 1.70. The molecule has 0 aliphatic carbocycles. The number of alkyl halides is 1. The minimum atomic E-state index is 0.349. The molecule has 0 aliphatic heterocycles. The largest absolute Gasteiger partial charge is 0.496 e. The lowest BCUT2D eigenvalue weighted by molar-refractivity contribution is 0.405. The summed E-state index contributed by atoms with van der Waals surface area (Å²) in [4.78, 5) is 4.41. The van der Waals surface area contributed by atoms with Gasteiger partial charge in [0.2, 0.25) is 0 Å². The lowest BCUT2D eigenvalue weighted by Crippen LogP contribution is -2.11. The van der Waals surface area contributed by atoms with E-state index in [4.69, 9.17) is 16.3 Å². The highest BCUT2D eigenvalue weighted by molar-refractivity contribution is 9.10. The maximum Gasteiger partial charge on any atom is 0.122 e. The number of halogens is 2. The van der Waals surface area contributed by atoms with Crippen LogP contribution in [-0.4, -0.2) is 18.0 Å². The fourth-order valence-electron chi connectivity index (χ4n) is 2.19. The van der Waals surface area contributed by atoms with Crippen LogP contribution in [0.15, 0.2) is 47.1 Å². The summed E-state index contributed by atoms with van der Waals surface area (Å²) in [5.41, 5.74) is 2.26. The number of benzene rings is 1. The highest BCUT2D eigenvalue weighted by atomic mass is 79.9. The van der Waals surface area contributed by atoms with Gasteiger partial charge in [0.15, 0.2) is 0 Å². The maximum absolute atomic E-state index is 6.12. The van der Waals surface area contributed by atoms with Gasteiger partial charge in [0, 0.05) is 22.2 Å². The predicted octanol–water partition coefficient (Wildman–Crippen LogP) is 4.49. The Morgan fingerprint density at radius 2 is 2.00 bits per heavy atom. The third-order valence-corrected chi connectivity index (χ3v) is 4.11. The standard InChI is InChI=1S/C16H17BrClNO/c1-20-16-5-3-2-4-13(16)8-12(10-18)9-15-7-6-14(17)11-19-15/h2-7,11-12H,8-10H2,1H3. The molecular formula is C16H17BrClNO. The third-order valence-electron chi connectivity index (χ3n) is 3.21. The minimum absolute atomic E-state index is 0.349. The average Bonchev–Trinajstić information content (AvgIpc) is 2.49. The molecule has 0 amide bonds. The molecule has 0 N–H and O–H groups in total. The van der Waals surface area contributed by atoms with Crippen LogP contribution in [0.3, 0.4) is 0 Å². The summed E-state index contributed by atoms with van der Waals surface area (Å²) >= 11 is 9.51. The van der Waals surface area contributed by atoms with Crippen molar-refractivity contribution in [2.24, 2.45) is 5.92 Å². The second-order valence-corrected chi connectivity index (χ2v) is 5.93. The molecule has 0 aliphatic rings. The molecule has 2 nitrogen and oxygen atoms in total. The molecule has 2 rings (SSSR count). The van der Waals surface area contributed by atoms with Gasteiger partial charge in [-0.1, -0.05) is 18.2 Å². The van der Waals surface area contributed by atoms with Gasteiger partial charge >= 0.3 is 0 Å². The fraction of sp³-hybridized carbons (Fsp3) is 0.312. The molecule has 2 aromatic rings. The predicted molar refractivity (Wildman–Crippen MR) is 86.5 cm³/mol. The molecular weight excluding hydrogens is 338 g/mol. The van der Waals surface area contributed by atoms with Crippen molar-refractivity contribution in [1.82, 2.24) is 4.98 Å². The Morgan fingerprint density at radius 1 is 1.20 bits per heavy atom. The first kappa shape index (κ1) is 15.3. The summed E-state index contributed by atoms with van der Waals surface area (Å²) in [5.74, 6) is 1.88. The van der Waals surface area contributed by atoms with Crippen molar-refractivity contribution in [3.63, 3.8) is 0 Å². The summed E-state index contributed by atoms with van der Waals surface area (Å²) in [6.07, 6.45) is 3.59. The zero-order chi connectivity index (χ0) is 14.4. The van der Waals surface area contributed by atoms with Gasteiger partial charge in [-0.2, -0.15) is 0 Å². The normalized spacial score (nSPS) is 12.2. The van der Waals surface area contributed by atoms with Crippen LogP contribution in [0.2, 0.25) is 0 Å². The highest BCUT2D eigenvalue weighted by Gasteiger charge is 2.13. The van der Waals surface area contributed by atoms with Crippen LogP contribution in [0.25, 0.3) is 0 Å². The molecule has 0 fully saturated rings. The van der Waals surface area contributed by atoms with E-state index in [1.165, 1.54) is 5.56 Å². The summed E-state index contributed by atoms with van der Waals surface area (Å²) < 4.78 is 6.39. The number of hydrogen-bond acceptors (Lipinski definition) is 2. The molecule has 0 spiro atoms. The van der Waals surface area contributed by atoms with Gasteiger partial charge in [0.05, 0.1) is 7.11 Å². The van der Waals surface area contributed by atoms with Gasteiger partial charge in [-0.25, -0.2) is 0 Å². The van der Waals surface area contributed by atoms with E-state index in [0.717, 1.165) is 28.8 Å². The summed E-state index contributed by atoms with van der Waals surface area (Å²) in [6.45, 7) is 0. The number of methoxy groups -OCH3 is 1. The first-order chi connectivity index (χ1) is 9.72. The van der Waals surface area contributed by atoms with Crippen molar-refractivity contribution < 1.29 is 4.74 Å². The number of ether oxygens (including phenoxy) is 1. The topological polar surface area (TPSA) is 22.1 Å². The lowest BCUT2D eigenvalue weighted by atomic mass is 9.95. The first-order valence-electron chi connectivity index (χ1n) is 6.51. The Hall–Kier alpha value is -1.06. The van der Waals surface area contributed by atoms with Crippen molar-refractivity contribution in [2.75, 3.05) is 13.0 Å². The third kappa shape index (κ3) is 4.22. The smallest absolute Gasteiger partial charge is 0.122 e.